The van der Waals surface area contributed by atoms with Crippen LogP contribution in [0.1, 0.15) is 37.3 Å². The van der Waals surface area contributed by atoms with E-state index in [4.69, 9.17) is 0 Å². The van der Waals surface area contributed by atoms with E-state index in [1.165, 1.54) is 25.3 Å². The summed E-state index contributed by atoms with van der Waals surface area (Å²) < 4.78 is 50.8. The van der Waals surface area contributed by atoms with Gasteiger partial charge in [0.1, 0.15) is 5.82 Å². The maximum atomic E-state index is 13.1. The molecule has 0 aromatic heterocycles. The van der Waals surface area contributed by atoms with Crippen molar-refractivity contribution in [3.63, 3.8) is 0 Å². The van der Waals surface area contributed by atoms with Gasteiger partial charge in [-0.1, -0.05) is 12.5 Å². The predicted octanol–water partition coefficient (Wildman–Crippen LogP) is 4.12. The van der Waals surface area contributed by atoms with Crippen LogP contribution >= 0.6 is 0 Å². The molecule has 106 valence electrons. The molecule has 0 saturated heterocycles. The molecule has 0 bridgehead atoms. The van der Waals surface area contributed by atoms with Gasteiger partial charge in [-0.2, -0.15) is 13.2 Å². The van der Waals surface area contributed by atoms with Crippen molar-refractivity contribution in [3.05, 3.63) is 35.1 Å². The Labute approximate surface area is 110 Å². The standard InChI is InChI=1S/C14H17F4N/c1-9(11-3-2-4-11)19-8-10-5-6-13(15)12(7-10)14(16,17)18/h5-7,9,11,19H,2-4,8H2,1H3. The molecule has 1 aliphatic rings. The minimum absolute atomic E-state index is 0.285. The topological polar surface area (TPSA) is 12.0 Å². The smallest absolute Gasteiger partial charge is 0.310 e. The van der Waals surface area contributed by atoms with Crippen molar-refractivity contribution in [3.8, 4) is 0 Å². The van der Waals surface area contributed by atoms with Gasteiger partial charge in [0.25, 0.3) is 0 Å². The molecule has 1 atom stereocenters. The third-order valence-corrected chi connectivity index (χ3v) is 3.82. The summed E-state index contributed by atoms with van der Waals surface area (Å²) in [6.45, 7) is 2.37. The minimum atomic E-state index is -4.64. The van der Waals surface area contributed by atoms with Crippen LogP contribution in [0.15, 0.2) is 18.2 Å². The molecule has 1 aliphatic carbocycles. The van der Waals surface area contributed by atoms with Crippen LogP contribution in [0.4, 0.5) is 17.6 Å². The summed E-state index contributed by atoms with van der Waals surface area (Å²) >= 11 is 0. The molecule has 0 aliphatic heterocycles. The SMILES string of the molecule is CC(NCc1ccc(F)c(C(F)(F)F)c1)C1CCC1. The first-order valence-corrected chi connectivity index (χ1v) is 6.47. The van der Waals surface area contributed by atoms with E-state index in [9.17, 15) is 17.6 Å². The fourth-order valence-electron chi connectivity index (χ4n) is 2.28. The van der Waals surface area contributed by atoms with Crippen molar-refractivity contribution < 1.29 is 17.6 Å². The second-order valence-corrected chi connectivity index (χ2v) is 5.17. The highest BCUT2D eigenvalue weighted by atomic mass is 19.4. The highest BCUT2D eigenvalue weighted by Crippen LogP contribution is 2.32. The van der Waals surface area contributed by atoms with E-state index in [1.807, 2.05) is 6.92 Å². The fourth-order valence-corrected chi connectivity index (χ4v) is 2.28. The summed E-state index contributed by atoms with van der Waals surface area (Å²) in [6, 6.07) is 3.45. The lowest BCUT2D eigenvalue weighted by Gasteiger charge is -2.32. The normalized spacial score (nSPS) is 18.2. The molecule has 2 rings (SSSR count). The monoisotopic (exact) mass is 275 g/mol. The zero-order valence-electron chi connectivity index (χ0n) is 10.7. The molecule has 1 fully saturated rings. The van der Waals surface area contributed by atoms with Gasteiger partial charge in [0.15, 0.2) is 0 Å². The van der Waals surface area contributed by atoms with Crippen molar-refractivity contribution in [2.75, 3.05) is 0 Å². The first kappa shape index (κ1) is 14.3. The summed E-state index contributed by atoms with van der Waals surface area (Å²) in [4.78, 5) is 0. The first-order valence-electron chi connectivity index (χ1n) is 6.47. The molecule has 0 spiro atoms. The Balaban J connectivity index is 2.00. The maximum absolute atomic E-state index is 13.1. The van der Waals surface area contributed by atoms with Crippen molar-refractivity contribution >= 4 is 0 Å². The van der Waals surface area contributed by atoms with Gasteiger partial charge in [0.05, 0.1) is 5.56 Å². The quantitative estimate of drug-likeness (QED) is 0.815. The van der Waals surface area contributed by atoms with Crippen LogP contribution in [0.5, 0.6) is 0 Å². The average molecular weight is 275 g/mol. The van der Waals surface area contributed by atoms with Gasteiger partial charge in [-0.3, -0.25) is 0 Å². The Bertz CT molecular complexity index is 438. The van der Waals surface area contributed by atoms with Gasteiger partial charge >= 0.3 is 6.18 Å². The molecule has 5 heteroatoms. The molecule has 19 heavy (non-hydrogen) atoms. The van der Waals surface area contributed by atoms with Gasteiger partial charge in [0.2, 0.25) is 0 Å². The lowest BCUT2D eigenvalue weighted by atomic mass is 9.80. The number of hydrogen-bond donors (Lipinski definition) is 1. The lowest BCUT2D eigenvalue weighted by Crippen LogP contribution is -2.36. The van der Waals surface area contributed by atoms with E-state index < -0.39 is 17.6 Å². The van der Waals surface area contributed by atoms with E-state index in [0.29, 0.717) is 18.0 Å². The van der Waals surface area contributed by atoms with Gasteiger partial charge in [-0.05, 0) is 43.4 Å². The fraction of sp³-hybridized carbons (Fsp3) is 0.571. The Kier molecular flexibility index (Phi) is 4.13. The van der Waals surface area contributed by atoms with E-state index in [2.05, 4.69) is 5.32 Å². The molecule has 0 amide bonds. The zero-order chi connectivity index (χ0) is 14.0. The summed E-state index contributed by atoms with van der Waals surface area (Å²) in [6.07, 6.45) is -1.07. The number of rotatable bonds is 4. The first-order chi connectivity index (χ1) is 8.88. The van der Waals surface area contributed by atoms with Crippen LogP contribution in [0, 0.1) is 11.7 Å². The van der Waals surface area contributed by atoms with Gasteiger partial charge in [0, 0.05) is 12.6 Å². The molecular weight excluding hydrogens is 258 g/mol. The molecule has 1 aromatic carbocycles. The third-order valence-electron chi connectivity index (χ3n) is 3.82. The van der Waals surface area contributed by atoms with E-state index in [0.717, 1.165) is 12.1 Å². The molecule has 1 saturated carbocycles. The minimum Gasteiger partial charge on any atom is -0.310 e. The third kappa shape index (κ3) is 3.47. The Morgan fingerprint density at radius 2 is 2.00 bits per heavy atom. The summed E-state index contributed by atoms with van der Waals surface area (Å²) in [7, 11) is 0. The second kappa shape index (κ2) is 5.49. The molecule has 1 nitrogen and oxygen atoms in total. The summed E-state index contributed by atoms with van der Waals surface area (Å²) in [5.74, 6) is -0.606. The number of nitrogens with one attached hydrogen (secondary N) is 1. The molecular formula is C14H17F4N. The van der Waals surface area contributed by atoms with Crippen LogP contribution in [0.2, 0.25) is 0 Å². The lowest BCUT2D eigenvalue weighted by molar-refractivity contribution is -0.140. The largest absolute Gasteiger partial charge is 0.419 e. The van der Waals surface area contributed by atoms with Crippen molar-refractivity contribution in [2.24, 2.45) is 5.92 Å². The zero-order valence-corrected chi connectivity index (χ0v) is 10.7. The van der Waals surface area contributed by atoms with Crippen LogP contribution in [0.25, 0.3) is 0 Å². The van der Waals surface area contributed by atoms with Gasteiger partial charge in [-0.25, -0.2) is 4.39 Å². The Morgan fingerprint density at radius 1 is 1.32 bits per heavy atom. The van der Waals surface area contributed by atoms with Gasteiger partial charge in [-0.15, -0.1) is 0 Å². The molecule has 0 radical (unpaired) electrons. The predicted molar refractivity (Wildman–Crippen MR) is 65.0 cm³/mol. The highest BCUT2D eigenvalue weighted by Gasteiger charge is 2.34. The number of hydrogen-bond acceptors (Lipinski definition) is 1. The van der Waals surface area contributed by atoms with Crippen LogP contribution < -0.4 is 5.32 Å². The van der Waals surface area contributed by atoms with Crippen LogP contribution in [-0.4, -0.2) is 6.04 Å². The van der Waals surface area contributed by atoms with Crippen LogP contribution in [0.3, 0.4) is 0 Å². The highest BCUT2D eigenvalue weighted by molar-refractivity contribution is 5.27. The van der Waals surface area contributed by atoms with Crippen molar-refractivity contribution in [1.82, 2.24) is 5.32 Å². The molecule has 0 heterocycles. The van der Waals surface area contributed by atoms with Crippen LogP contribution in [-0.2, 0) is 12.7 Å². The Morgan fingerprint density at radius 3 is 2.53 bits per heavy atom. The molecule has 1 unspecified atom stereocenters. The van der Waals surface area contributed by atoms with Crippen molar-refractivity contribution in [1.29, 1.82) is 0 Å². The van der Waals surface area contributed by atoms with Crippen molar-refractivity contribution in [2.45, 2.75) is 44.9 Å². The second-order valence-electron chi connectivity index (χ2n) is 5.17. The van der Waals surface area contributed by atoms with Gasteiger partial charge < -0.3 is 5.32 Å². The average Bonchev–Trinajstić information content (AvgIpc) is 2.24. The Hall–Kier alpha value is -1.10. The van der Waals surface area contributed by atoms with E-state index in [-0.39, 0.29) is 6.04 Å². The van der Waals surface area contributed by atoms with E-state index >= 15 is 0 Å². The number of benzene rings is 1. The van der Waals surface area contributed by atoms with E-state index in [1.54, 1.807) is 0 Å². The molecule has 1 aromatic rings. The number of alkyl halides is 3. The maximum Gasteiger partial charge on any atom is 0.419 e. The number of halogens is 4. The summed E-state index contributed by atoms with van der Waals surface area (Å²) in [5, 5.41) is 3.21. The molecule has 1 N–H and O–H groups in total. The summed E-state index contributed by atoms with van der Waals surface area (Å²) in [5.41, 5.74) is -0.733.